The molecular weight excluding hydrogens is 404 g/mol. The van der Waals surface area contributed by atoms with Gasteiger partial charge >= 0.3 is 5.97 Å². The van der Waals surface area contributed by atoms with Crippen molar-refractivity contribution in [2.45, 2.75) is 50.7 Å². The Labute approximate surface area is 191 Å². The van der Waals surface area contributed by atoms with Gasteiger partial charge < -0.3 is 19.1 Å². The van der Waals surface area contributed by atoms with Gasteiger partial charge in [-0.2, -0.15) is 0 Å². The molecule has 6 atom stereocenters. The van der Waals surface area contributed by atoms with Gasteiger partial charge in [-0.1, -0.05) is 13.0 Å². The number of nitrogens with zero attached hydrogens (tertiary/aromatic N) is 2. The van der Waals surface area contributed by atoms with Gasteiger partial charge in [0.2, 0.25) is 0 Å². The SMILES string of the molecule is COc1cccc(N2CCN(C[C@@H]3C(=O)O[C@@H]4C[C@@]5(C)CCC[C@]6(CO6)[C@H]5C[C@H]34)CC2)c1. The maximum absolute atomic E-state index is 13.0. The van der Waals surface area contributed by atoms with Gasteiger partial charge in [0.15, 0.2) is 0 Å². The van der Waals surface area contributed by atoms with Crippen molar-refractivity contribution >= 4 is 11.7 Å². The summed E-state index contributed by atoms with van der Waals surface area (Å²) in [7, 11) is 1.71. The summed E-state index contributed by atoms with van der Waals surface area (Å²) in [6.45, 7) is 8.09. The minimum absolute atomic E-state index is 0.0191. The number of piperazine rings is 1. The minimum Gasteiger partial charge on any atom is -0.497 e. The number of hydrogen-bond acceptors (Lipinski definition) is 6. The zero-order valence-electron chi connectivity index (χ0n) is 19.4. The number of anilines is 1. The molecule has 6 heteroatoms. The van der Waals surface area contributed by atoms with Gasteiger partial charge in [-0.05, 0) is 55.6 Å². The molecule has 5 aliphatic rings. The lowest BCUT2D eigenvalue weighted by molar-refractivity contribution is -0.147. The molecule has 2 aliphatic carbocycles. The third-order valence-electron chi connectivity index (χ3n) is 9.32. The van der Waals surface area contributed by atoms with Crippen molar-refractivity contribution in [3.63, 3.8) is 0 Å². The van der Waals surface area contributed by atoms with Crippen molar-refractivity contribution < 1.29 is 19.0 Å². The predicted octanol–water partition coefficient (Wildman–Crippen LogP) is 3.34. The summed E-state index contributed by atoms with van der Waals surface area (Å²) >= 11 is 0. The van der Waals surface area contributed by atoms with Gasteiger partial charge in [0.05, 0.1) is 25.2 Å². The fraction of sp³-hybridized carbons (Fsp3) is 0.731. The predicted molar refractivity (Wildman–Crippen MR) is 122 cm³/mol. The molecule has 174 valence electrons. The molecule has 1 spiro atoms. The Morgan fingerprint density at radius 2 is 2.00 bits per heavy atom. The highest BCUT2D eigenvalue weighted by Gasteiger charge is 2.65. The molecule has 0 aromatic heterocycles. The molecule has 6 rings (SSSR count). The Balaban J connectivity index is 1.11. The number of fused-ring (bicyclic) bond motifs is 3. The van der Waals surface area contributed by atoms with E-state index in [1.54, 1.807) is 7.11 Å². The summed E-state index contributed by atoms with van der Waals surface area (Å²) in [5.74, 6) is 1.91. The zero-order chi connectivity index (χ0) is 21.9. The van der Waals surface area contributed by atoms with E-state index in [4.69, 9.17) is 14.2 Å². The monoisotopic (exact) mass is 440 g/mol. The summed E-state index contributed by atoms with van der Waals surface area (Å²) < 4.78 is 17.4. The normalized spacial score (nSPS) is 41.2. The van der Waals surface area contributed by atoms with Crippen LogP contribution in [0.25, 0.3) is 0 Å². The molecule has 2 saturated carbocycles. The van der Waals surface area contributed by atoms with E-state index in [2.05, 4.69) is 28.9 Å². The van der Waals surface area contributed by atoms with Crippen LogP contribution in [0.3, 0.4) is 0 Å². The third kappa shape index (κ3) is 3.41. The largest absolute Gasteiger partial charge is 0.497 e. The smallest absolute Gasteiger partial charge is 0.310 e. The van der Waals surface area contributed by atoms with E-state index in [1.807, 2.05) is 12.1 Å². The highest BCUT2D eigenvalue weighted by atomic mass is 16.6. The van der Waals surface area contributed by atoms with Crippen LogP contribution in [0.4, 0.5) is 5.69 Å². The van der Waals surface area contributed by atoms with Crippen LogP contribution in [-0.4, -0.2) is 69.0 Å². The van der Waals surface area contributed by atoms with E-state index < -0.39 is 0 Å². The van der Waals surface area contributed by atoms with Crippen molar-refractivity contribution in [3.8, 4) is 5.75 Å². The second-order valence-corrected chi connectivity index (χ2v) is 11.1. The number of esters is 1. The van der Waals surface area contributed by atoms with Crippen LogP contribution in [0.1, 0.15) is 39.0 Å². The quantitative estimate of drug-likeness (QED) is 0.529. The molecule has 1 aromatic carbocycles. The Kier molecular flexibility index (Phi) is 4.95. The number of benzene rings is 1. The fourth-order valence-electron chi connectivity index (χ4n) is 7.44. The number of rotatable bonds is 4. The molecule has 5 fully saturated rings. The summed E-state index contributed by atoms with van der Waals surface area (Å²) in [4.78, 5) is 17.8. The lowest BCUT2D eigenvalue weighted by Crippen LogP contribution is -2.52. The first kappa shape index (κ1) is 20.8. The van der Waals surface area contributed by atoms with E-state index in [0.29, 0.717) is 11.8 Å². The molecular formula is C26H36N2O4. The fourth-order valence-corrected chi connectivity index (χ4v) is 7.44. The summed E-state index contributed by atoms with van der Waals surface area (Å²) in [6, 6.07) is 8.29. The molecule has 6 nitrogen and oxygen atoms in total. The standard InChI is InChI=1S/C26H36N2O4/c1-25-7-4-8-26(17-31-26)23(25)14-20-21(24(29)32-22(20)15-25)16-27-9-11-28(12-10-27)18-5-3-6-19(13-18)30-2/h3,5-6,13,20-23H,4,7-12,14-17H2,1-2H3/t20-,21+,22-,23+,25-,26+/m1/s1. The van der Waals surface area contributed by atoms with E-state index in [0.717, 1.165) is 57.9 Å². The Hall–Kier alpha value is -1.79. The van der Waals surface area contributed by atoms with Gasteiger partial charge in [0.25, 0.3) is 0 Å². The topological polar surface area (TPSA) is 54.5 Å². The number of hydrogen-bond donors (Lipinski definition) is 0. The lowest BCUT2D eigenvalue weighted by Gasteiger charge is -2.51. The van der Waals surface area contributed by atoms with Crippen LogP contribution in [0.15, 0.2) is 24.3 Å². The maximum Gasteiger partial charge on any atom is 0.310 e. The highest BCUT2D eigenvalue weighted by molar-refractivity contribution is 5.75. The van der Waals surface area contributed by atoms with Crippen LogP contribution >= 0.6 is 0 Å². The van der Waals surface area contributed by atoms with Crippen molar-refractivity contribution in [2.24, 2.45) is 23.2 Å². The second kappa shape index (κ2) is 7.63. The first-order chi connectivity index (χ1) is 15.5. The first-order valence-corrected chi connectivity index (χ1v) is 12.5. The summed E-state index contributed by atoms with van der Waals surface area (Å²) in [5.41, 5.74) is 1.60. The van der Waals surface area contributed by atoms with Gasteiger partial charge in [0, 0.05) is 50.4 Å². The average molecular weight is 441 g/mol. The van der Waals surface area contributed by atoms with Gasteiger partial charge in [-0.3, -0.25) is 9.69 Å². The Morgan fingerprint density at radius 3 is 2.75 bits per heavy atom. The Bertz CT molecular complexity index is 878. The van der Waals surface area contributed by atoms with Crippen LogP contribution in [0.2, 0.25) is 0 Å². The van der Waals surface area contributed by atoms with Crippen LogP contribution in [-0.2, 0) is 14.3 Å². The molecule has 0 radical (unpaired) electrons. The molecule has 0 unspecified atom stereocenters. The summed E-state index contributed by atoms with van der Waals surface area (Å²) in [6.07, 6.45) is 5.94. The number of carbonyl (C=O) groups excluding carboxylic acids is 1. The molecule has 1 aromatic rings. The lowest BCUT2D eigenvalue weighted by atomic mass is 9.53. The number of methoxy groups -OCH3 is 1. The van der Waals surface area contributed by atoms with Crippen LogP contribution in [0.5, 0.6) is 5.75 Å². The molecule has 0 N–H and O–H groups in total. The molecule has 3 heterocycles. The van der Waals surface area contributed by atoms with Gasteiger partial charge in [0.1, 0.15) is 11.9 Å². The van der Waals surface area contributed by atoms with Crippen LogP contribution < -0.4 is 9.64 Å². The summed E-state index contributed by atoms with van der Waals surface area (Å²) in [5, 5.41) is 0. The average Bonchev–Trinajstić information content (AvgIpc) is 3.51. The second-order valence-electron chi connectivity index (χ2n) is 11.1. The van der Waals surface area contributed by atoms with Gasteiger partial charge in [-0.15, -0.1) is 0 Å². The number of epoxide rings is 1. The zero-order valence-corrected chi connectivity index (χ0v) is 19.4. The van der Waals surface area contributed by atoms with Crippen molar-refractivity contribution in [3.05, 3.63) is 24.3 Å². The molecule has 32 heavy (non-hydrogen) atoms. The number of carbonyl (C=O) groups is 1. The molecule has 0 amide bonds. The number of ether oxygens (including phenoxy) is 3. The highest BCUT2D eigenvalue weighted by Crippen LogP contribution is 2.62. The third-order valence-corrected chi connectivity index (χ3v) is 9.32. The molecule has 0 bridgehead atoms. The molecule has 3 saturated heterocycles. The van der Waals surface area contributed by atoms with E-state index >= 15 is 0 Å². The van der Waals surface area contributed by atoms with E-state index in [9.17, 15) is 4.79 Å². The molecule has 3 aliphatic heterocycles. The van der Waals surface area contributed by atoms with E-state index in [1.165, 1.54) is 24.9 Å². The van der Waals surface area contributed by atoms with Crippen LogP contribution in [0, 0.1) is 23.2 Å². The minimum atomic E-state index is 0.0191. The first-order valence-electron chi connectivity index (χ1n) is 12.5. The van der Waals surface area contributed by atoms with Gasteiger partial charge in [-0.25, -0.2) is 0 Å². The van der Waals surface area contributed by atoms with Crippen molar-refractivity contribution in [1.29, 1.82) is 0 Å². The van der Waals surface area contributed by atoms with Crippen molar-refractivity contribution in [2.75, 3.05) is 51.3 Å². The maximum atomic E-state index is 13.0. The van der Waals surface area contributed by atoms with E-state index in [-0.39, 0.29) is 29.0 Å². The Morgan fingerprint density at radius 1 is 1.19 bits per heavy atom. The van der Waals surface area contributed by atoms with Crippen molar-refractivity contribution in [1.82, 2.24) is 4.90 Å².